The van der Waals surface area contributed by atoms with Gasteiger partial charge in [-0.05, 0) is 74.9 Å². The molecule has 2 atom stereocenters. The Kier molecular flexibility index (Phi) is 33.3. The quantitative estimate of drug-likeness (QED) is 0.0252. The van der Waals surface area contributed by atoms with Crippen molar-refractivity contribution in [3.05, 3.63) is 65.9 Å². The molecule has 0 unspecified atom stereocenters. The Hall–Kier alpha value is -8.09. The van der Waals surface area contributed by atoms with Crippen LogP contribution in [0.2, 0.25) is 0 Å². The van der Waals surface area contributed by atoms with Crippen molar-refractivity contribution < 1.29 is 86.5 Å². The smallest absolute Gasteiger partial charge is 0.317 e. The Morgan fingerprint density at radius 2 is 1.20 bits per heavy atom. The van der Waals surface area contributed by atoms with Gasteiger partial charge in [-0.25, -0.2) is 4.98 Å². The van der Waals surface area contributed by atoms with Crippen molar-refractivity contribution in [3.8, 4) is 11.8 Å². The van der Waals surface area contributed by atoms with E-state index in [1.165, 1.54) is 17.2 Å². The molecular formula is C59H84FN13O17. The zero-order valence-electron chi connectivity index (χ0n) is 50.6. The summed E-state index contributed by atoms with van der Waals surface area (Å²) in [6.45, 7) is 3.46. The second-order valence-electron chi connectivity index (χ2n) is 21.2. The number of nitrogens with one attached hydrogen (secondary N) is 5. The molecule has 494 valence electrons. The number of ether oxygens (including phenoxy) is 5. The number of rotatable bonds is 39. The van der Waals surface area contributed by atoms with E-state index in [4.69, 9.17) is 23.7 Å². The maximum absolute atomic E-state index is 13.7. The summed E-state index contributed by atoms with van der Waals surface area (Å²) in [6.07, 6.45) is 5.64. The lowest BCUT2D eigenvalue weighted by atomic mass is 10.1. The first kappa shape index (κ1) is 72.7. The van der Waals surface area contributed by atoms with Gasteiger partial charge in [0.2, 0.25) is 29.6 Å². The molecule has 2 saturated heterocycles. The molecule has 2 aliphatic heterocycles. The Labute approximate surface area is 521 Å². The summed E-state index contributed by atoms with van der Waals surface area (Å²) < 4.78 is 41.4. The summed E-state index contributed by atoms with van der Waals surface area (Å²) >= 11 is 0. The SMILES string of the molecule is N#C[C@@H]1CCCN1C(=O)CNC(=O)c1ccnc2ccc(OCCCNC(=O)CCOCCOCCOCCOCCNC(=O)[C@H](CCCCNC(=O)c3ccc(F)nc3)NC(=O)CN3CCN(CC(=O)O)CCN(CC(=O)O)CCN(CC(=O)O)CC3)cc12. The van der Waals surface area contributed by atoms with Crippen molar-refractivity contribution in [2.45, 2.75) is 57.0 Å². The summed E-state index contributed by atoms with van der Waals surface area (Å²) in [7, 11) is 0. The van der Waals surface area contributed by atoms with Gasteiger partial charge in [-0.1, -0.05) is 0 Å². The Balaban J connectivity index is 0.937. The number of carbonyl (C=O) groups is 9. The normalized spacial score (nSPS) is 15.8. The summed E-state index contributed by atoms with van der Waals surface area (Å²) in [5, 5.41) is 52.3. The molecule has 8 N–H and O–H groups in total. The molecule has 6 amide bonds. The summed E-state index contributed by atoms with van der Waals surface area (Å²) in [5.41, 5.74) is 1.06. The molecular weight excluding hydrogens is 1180 g/mol. The van der Waals surface area contributed by atoms with Crippen molar-refractivity contribution in [2.75, 3.05) is 171 Å². The number of aliphatic carboxylic acids is 3. The highest BCUT2D eigenvalue weighted by atomic mass is 19.1. The predicted molar refractivity (Wildman–Crippen MR) is 319 cm³/mol. The highest BCUT2D eigenvalue weighted by molar-refractivity contribution is 6.07. The Morgan fingerprint density at radius 1 is 0.611 bits per heavy atom. The molecule has 1 aromatic carbocycles. The van der Waals surface area contributed by atoms with Crippen LogP contribution in [0.3, 0.4) is 0 Å². The van der Waals surface area contributed by atoms with Crippen LogP contribution in [0.15, 0.2) is 48.8 Å². The average Bonchev–Trinajstić information content (AvgIpc) is 1.05. The van der Waals surface area contributed by atoms with Gasteiger partial charge in [0.15, 0.2) is 0 Å². The van der Waals surface area contributed by atoms with Crippen LogP contribution in [0.4, 0.5) is 4.39 Å². The number of fused-ring (bicyclic) bond motifs is 1. The monoisotopic (exact) mass is 1270 g/mol. The van der Waals surface area contributed by atoms with Crippen molar-refractivity contribution in [2.24, 2.45) is 0 Å². The second kappa shape index (κ2) is 41.3. The van der Waals surface area contributed by atoms with Gasteiger partial charge < -0.3 is 70.5 Å². The van der Waals surface area contributed by atoms with E-state index in [0.29, 0.717) is 67.6 Å². The first-order valence-corrected chi connectivity index (χ1v) is 30.1. The number of unbranched alkanes of at least 4 members (excludes halogenated alkanes) is 1. The number of hydrogen-bond donors (Lipinski definition) is 8. The van der Waals surface area contributed by atoms with Crippen LogP contribution in [0.5, 0.6) is 5.75 Å². The van der Waals surface area contributed by atoms with Crippen molar-refractivity contribution >= 4 is 64.3 Å². The Morgan fingerprint density at radius 3 is 1.79 bits per heavy atom. The third-order valence-electron chi connectivity index (χ3n) is 14.3. The fourth-order valence-electron chi connectivity index (χ4n) is 9.62. The highest BCUT2D eigenvalue weighted by Gasteiger charge is 2.29. The van der Waals surface area contributed by atoms with Crippen molar-refractivity contribution in [3.63, 3.8) is 0 Å². The fourth-order valence-corrected chi connectivity index (χ4v) is 9.62. The van der Waals surface area contributed by atoms with Crippen molar-refractivity contribution in [1.82, 2.24) is 61.1 Å². The number of benzene rings is 1. The number of nitriles is 1. The number of carboxylic acids is 3. The van der Waals surface area contributed by atoms with Crippen molar-refractivity contribution in [1.29, 1.82) is 5.26 Å². The molecule has 90 heavy (non-hydrogen) atoms. The van der Waals surface area contributed by atoms with Gasteiger partial charge >= 0.3 is 17.9 Å². The lowest BCUT2D eigenvalue weighted by Crippen LogP contribution is -2.52. The predicted octanol–water partition coefficient (Wildman–Crippen LogP) is -0.968. The van der Waals surface area contributed by atoms with Gasteiger partial charge in [0.05, 0.1) is 115 Å². The number of hydrogen-bond acceptors (Lipinski definition) is 21. The van der Waals surface area contributed by atoms with Gasteiger partial charge in [0.25, 0.3) is 11.8 Å². The fraction of sp³-hybridized carbons (Fsp3) is 0.593. The van der Waals surface area contributed by atoms with Crippen LogP contribution in [-0.2, 0) is 52.5 Å². The van der Waals surface area contributed by atoms with E-state index in [1.54, 1.807) is 43.9 Å². The maximum Gasteiger partial charge on any atom is 0.317 e. The number of carbonyl (C=O) groups excluding carboxylic acids is 6. The number of amides is 6. The molecule has 30 nitrogen and oxygen atoms in total. The standard InChI is InChI=1S/C59H84FN13O17/c60-50-10-7-43(37-66-50)57(83)64-13-2-1-6-49(68-52(75)39-69-18-20-70(40-54(77)78)22-24-72(42-56(81)82)25-23-71(21-19-69)41-55(79)80)59(85)65-16-28-87-30-32-89-34-33-88-31-29-86-27-12-51(74)63-14-4-26-90-45-8-9-48-47(35-45)46(11-15-62-48)58(84)67-38-53(76)73-17-3-5-44(73)36-61/h7-11,15,35,37,44,49H,1-6,12-14,16-34,38-42H2,(H,63,74)(H,64,83)(H,65,85)(H,67,84)(H,68,75)(H,77,78)(H,79,80)(H,81,82)/t44-,49-/m0/s1. The van der Waals surface area contributed by atoms with Crippen LogP contribution >= 0.6 is 0 Å². The number of likely N-dealkylation sites (tertiary alicyclic amines) is 1. The summed E-state index contributed by atoms with van der Waals surface area (Å²) in [6, 6.07) is 9.73. The third kappa shape index (κ3) is 28.6. The number of carboxylic acid groups (broad SMARTS) is 3. The van der Waals surface area contributed by atoms with Crippen LogP contribution in [0, 0.1) is 17.3 Å². The first-order valence-electron chi connectivity index (χ1n) is 30.1. The van der Waals surface area contributed by atoms with E-state index in [9.17, 15) is 68.1 Å². The number of nitrogens with zero attached hydrogens (tertiary/aromatic N) is 8. The van der Waals surface area contributed by atoms with E-state index >= 15 is 0 Å². The molecule has 2 aliphatic rings. The minimum Gasteiger partial charge on any atom is -0.494 e. The molecule has 0 radical (unpaired) electrons. The van der Waals surface area contributed by atoms with Crippen LogP contribution < -0.4 is 31.3 Å². The molecule has 5 rings (SSSR count). The molecule has 0 bridgehead atoms. The van der Waals surface area contributed by atoms with Gasteiger partial charge in [-0.2, -0.15) is 9.65 Å². The van der Waals surface area contributed by atoms with E-state index in [2.05, 4.69) is 42.6 Å². The maximum atomic E-state index is 13.7. The van der Waals surface area contributed by atoms with Gasteiger partial charge in [0, 0.05) is 103 Å². The Bertz CT molecular complexity index is 2800. The van der Waals surface area contributed by atoms with Gasteiger partial charge in [-0.15, -0.1) is 0 Å². The van der Waals surface area contributed by atoms with Gasteiger partial charge in [0.1, 0.15) is 17.8 Å². The number of aromatic nitrogens is 2. The zero-order valence-corrected chi connectivity index (χ0v) is 50.6. The number of halogens is 1. The van der Waals surface area contributed by atoms with Crippen LogP contribution in [-0.4, -0.2) is 286 Å². The van der Waals surface area contributed by atoms with Crippen LogP contribution in [0.1, 0.15) is 65.7 Å². The highest BCUT2D eigenvalue weighted by Crippen LogP contribution is 2.23. The summed E-state index contributed by atoms with van der Waals surface area (Å²) in [5.74, 6) is -5.91. The topological polar surface area (TPSA) is 386 Å². The summed E-state index contributed by atoms with van der Waals surface area (Å²) in [4.78, 5) is 129. The third-order valence-corrected chi connectivity index (χ3v) is 14.3. The molecule has 0 spiro atoms. The molecule has 31 heteroatoms. The molecule has 2 fully saturated rings. The molecule has 3 aromatic rings. The van der Waals surface area contributed by atoms with Gasteiger partial charge in [-0.3, -0.25) is 67.7 Å². The number of pyridine rings is 2. The second-order valence-corrected chi connectivity index (χ2v) is 21.2. The molecule has 0 aliphatic carbocycles. The average molecular weight is 1270 g/mol. The van der Waals surface area contributed by atoms with E-state index in [0.717, 1.165) is 18.7 Å². The first-order chi connectivity index (χ1) is 43.5. The van der Waals surface area contributed by atoms with E-state index in [-0.39, 0.29) is 181 Å². The minimum absolute atomic E-state index is 0.0958. The molecule has 4 heterocycles. The molecule has 0 saturated carbocycles. The van der Waals surface area contributed by atoms with E-state index < -0.39 is 59.6 Å². The van der Waals surface area contributed by atoms with Crippen LogP contribution in [0.25, 0.3) is 10.9 Å². The minimum atomic E-state index is -1.09. The molecule has 2 aromatic heterocycles. The largest absolute Gasteiger partial charge is 0.494 e. The zero-order chi connectivity index (χ0) is 64.9. The van der Waals surface area contributed by atoms with E-state index in [1.807, 2.05) is 0 Å². The lowest BCUT2D eigenvalue weighted by Gasteiger charge is -2.33. The lowest BCUT2D eigenvalue weighted by molar-refractivity contribution is -0.140.